The van der Waals surface area contributed by atoms with Crippen LogP contribution in [0.3, 0.4) is 0 Å². The molecule has 2 aromatic heterocycles. The second kappa shape index (κ2) is 6.69. The molecular weight excluding hydrogens is 288 g/mol. The van der Waals surface area contributed by atoms with Crippen LogP contribution in [0.1, 0.15) is 32.1 Å². The molecule has 1 aromatic carbocycles. The summed E-state index contributed by atoms with van der Waals surface area (Å²) in [6.07, 6.45) is 4.68. The zero-order valence-electron chi connectivity index (χ0n) is 13.5. The minimum atomic E-state index is -0.186. The maximum atomic E-state index is 12.6. The number of nitrogens with zero attached hydrogens (tertiary/aromatic N) is 2. The number of aromatic nitrogens is 3. The summed E-state index contributed by atoms with van der Waals surface area (Å²) in [4.78, 5) is 20.3. The number of aromatic amines is 1. The Morgan fingerprint density at radius 3 is 2.65 bits per heavy atom. The van der Waals surface area contributed by atoms with Crippen LogP contribution in [0.4, 0.5) is 0 Å². The third-order valence-electron chi connectivity index (χ3n) is 3.85. The van der Waals surface area contributed by atoms with E-state index in [0.29, 0.717) is 12.5 Å². The fraction of sp³-hybridized carbons (Fsp3) is 0.333. The van der Waals surface area contributed by atoms with Crippen molar-refractivity contribution in [1.29, 1.82) is 0 Å². The van der Waals surface area contributed by atoms with E-state index in [-0.39, 0.29) is 11.9 Å². The van der Waals surface area contributed by atoms with Crippen molar-refractivity contribution in [1.82, 2.24) is 19.9 Å². The van der Waals surface area contributed by atoms with E-state index in [1.54, 1.807) is 0 Å². The van der Waals surface area contributed by atoms with Crippen molar-refractivity contribution in [3.05, 3.63) is 54.6 Å². The van der Waals surface area contributed by atoms with E-state index < -0.39 is 0 Å². The summed E-state index contributed by atoms with van der Waals surface area (Å²) in [5, 5.41) is 3.00. The summed E-state index contributed by atoms with van der Waals surface area (Å²) in [5.74, 6) is 1.24. The molecule has 0 saturated heterocycles. The standard InChI is InChI=1S/C18H22N4O/c1-13(2)11-16(22-9-5-6-10-22)18(23)19-12-17-20-14-7-3-4-8-15(14)21-17/h3-10,13,16H,11-12H2,1-2H3,(H,19,23)(H,20,21)/t16-/m1/s1. The summed E-state index contributed by atoms with van der Waals surface area (Å²) in [6.45, 7) is 4.66. The number of H-pyrrole nitrogens is 1. The predicted molar refractivity (Wildman–Crippen MR) is 90.9 cm³/mol. The molecule has 120 valence electrons. The van der Waals surface area contributed by atoms with Gasteiger partial charge >= 0.3 is 0 Å². The fourth-order valence-corrected chi connectivity index (χ4v) is 2.74. The molecule has 0 saturated carbocycles. The molecule has 0 fully saturated rings. The largest absolute Gasteiger partial charge is 0.347 e. The van der Waals surface area contributed by atoms with E-state index in [2.05, 4.69) is 29.1 Å². The van der Waals surface area contributed by atoms with Crippen LogP contribution < -0.4 is 5.32 Å². The van der Waals surface area contributed by atoms with Gasteiger partial charge < -0.3 is 14.9 Å². The van der Waals surface area contributed by atoms with Crippen molar-refractivity contribution >= 4 is 16.9 Å². The maximum Gasteiger partial charge on any atom is 0.243 e. The Morgan fingerprint density at radius 2 is 1.96 bits per heavy atom. The average molecular weight is 310 g/mol. The lowest BCUT2D eigenvalue weighted by atomic mass is 10.0. The molecule has 0 bridgehead atoms. The van der Waals surface area contributed by atoms with Gasteiger partial charge in [-0.25, -0.2) is 4.98 Å². The van der Waals surface area contributed by atoms with Crippen LogP contribution in [0.2, 0.25) is 0 Å². The topological polar surface area (TPSA) is 62.7 Å². The molecule has 3 aromatic rings. The zero-order chi connectivity index (χ0) is 16.2. The van der Waals surface area contributed by atoms with Gasteiger partial charge in [-0.3, -0.25) is 4.79 Å². The molecule has 0 aliphatic carbocycles. The van der Waals surface area contributed by atoms with E-state index in [0.717, 1.165) is 23.3 Å². The van der Waals surface area contributed by atoms with Crippen molar-refractivity contribution in [2.45, 2.75) is 32.9 Å². The molecule has 0 aliphatic heterocycles. The van der Waals surface area contributed by atoms with Gasteiger partial charge in [-0.1, -0.05) is 26.0 Å². The molecule has 0 unspecified atom stereocenters. The van der Waals surface area contributed by atoms with Crippen LogP contribution >= 0.6 is 0 Å². The maximum absolute atomic E-state index is 12.6. The zero-order valence-corrected chi connectivity index (χ0v) is 13.5. The molecule has 1 atom stereocenters. The molecule has 3 rings (SSSR count). The number of amides is 1. The molecule has 0 radical (unpaired) electrons. The average Bonchev–Trinajstić information content (AvgIpc) is 3.18. The second-order valence-electron chi connectivity index (χ2n) is 6.19. The first-order chi connectivity index (χ1) is 11.1. The summed E-state index contributed by atoms with van der Waals surface area (Å²) < 4.78 is 1.97. The van der Waals surface area contributed by atoms with Crippen molar-refractivity contribution in [3.63, 3.8) is 0 Å². The number of rotatable bonds is 6. The highest BCUT2D eigenvalue weighted by atomic mass is 16.2. The minimum Gasteiger partial charge on any atom is -0.347 e. The number of nitrogens with one attached hydrogen (secondary N) is 2. The number of carbonyl (C=O) groups excluding carboxylic acids is 1. The van der Waals surface area contributed by atoms with Crippen molar-refractivity contribution in [3.8, 4) is 0 Å². The Hall–Kier alpha value is -2.56. The Bertz CT molecular complexity index is 740. The van der Waals surface area contributed by atoms with Gasteiger partial charge in [0.25, 0.3) is 0 Å². The van der Waals surface area contributed by atoms with Gasteiger partial charge in [0.1, 0.15) is 11.9 Å². The molecular formula is C18H22N4O. The molecule has 5 heteroatoms. The number of benzene rings is 1. The van der Waals surface area contributed by atoms with Crippen molar-refractivity contribution in [2.75, 3.05) is 0 Å². The van der Waals surface area contributed by atoms with Gasteiger partial charge in [-0.05, 0) is 36.6 Å². The highest BCUT2D eigenvalue weighted by Gasteiger charge is 2.20. The second-order valence-corrected chi connectivity index (χ2v) is 6.19. The number of imidazole rings is 1. The number of carbonyl (C=O) groups is 1. The Kier molecular flexibility index (Phi) is 4.46. The van der Waals surface area contributed by atoms with E-state index in [4.69, 9.17) is 0 Å². The highest BCUT2D eigenvalue weighted by Crippen LogP contribution is 2.18. The van der Waals surface area contributed by atoms with Gasteiger partial charge in [0.05, 0.1) is 17.6 Å². The van der Waals surface area contributed by atoms with Gasteiger partial charge in [-0.2, -0.15) is 0 Å². The Morgan fingerprint density at radius 1 is 1.22 bits per heavy atom. The minimum absolute atomic E-state index is 0.0235. The van der Waals surface area contributed by atoms with E-state index >= 15 is 0 Å². The van der Waals surface area contributed by atoms with E-state index in [1.807, 2.05) is 53.4 Å². The van der Waals surface area contributed by atoms with Crippen molar-refractivity contribution < 1.29 is 4.79 Å². The monoisotopic (exact) mass is 310 g/mol. The van der Waals surface area contributed by atoms with Crippen LogP contribution in [-0.2, 0) is 11.3 Å². The van der Waals surface area contributed by atoms with Crippen molar-refractivity contribution in [2.24, 2.45) is 5.92 Å². The normalized spacial score (nSPS) is 12.7. The lowest BCUT2D eigenvalue weighted by molar-refractivity contribution is -0.125. The number of hydrogen-bond acceptors (Lipinski definition) is 2. The molecule has 0 spiro atoms. The first-order valence-corrected chi connectivity index (χ1v) is 7.97. The van der Waals surface area contributed by atoms with E-state index in [9.17, 15) is 4.79 Å². The van der Waals surface area contributed by atoms with Gasteiger partial charge in [0, 0.05) is 12.4 Å². The highest BCUT2D eigenvalue weighted by molar-refractivity contribution is 5.80. The summed E-state index contributed by atoms with van der Waals surface area (Å²) in [7, 11) is 0. The lowest BCUT2D eigenvalue weighted by Gasteiger charge is -2.20. The number of fused-ring (bicyclic) bond motifs is 1. The van der Waals surface area contributed by atoms with Gasteiger partial charge in [-0.15, -0.1) is 0 Å². The summed E-state index contributed by atoms with van der Waals surface area (Å²) in [6, 6.07) is 11.6. The number of para-hydroxylation sites is 2. The summed E-state index contributed by atoms with van der Waals surface area (Å²) in [5.41, 5.74) is 1.90. The van der Waals surface area contributed by atoms with Crippen LogP contribution in [0.15, 0.2) is 48.8 Å². The molecule has 0 aliphatic rings. The van der Waals surface area contributed by atoms with Crippen LogP contribution in [0, 0.1) is 5.92 Å². The van der Waals surface area contributed by atoms with Crippen LogP contribution in [0.5, 0.6) is 0 Å². The predicted octanol–water partition coefficient (Wildman–Crippen LogP) is 3.27. The Balaban J connectivity index is 1.69. The van der Waals surface area contributed by atoms with Crippen LogP contribution in [-0.4, -0.2) is 20.4 Å². The molecule has 2 heterocycles. The SMILES string of the molecule is CC(C)C[C@H](C(=O)NCc1nc2ccccc2[nH]1)n1cccc1. The van der Waals surface area contributed by atoms with E-state index in [1.165, 1.54) is 0 Å². The van der Waals surface area contributed by atoms with Gasteiger partial charge in [0.15, 0.2) is 0 Å². The molecule has 1 amide bonds. The first-order valence-electron chi connectivity index (χ1n) is 7.97. The lowest BCUT2D eigenvalue weighted by Crippen LogP contribution is -2.32. The quantitative estimate of drug-likeness (QED) is 0.734. The molecule has 2 N–H and O–H groups in total. The third-order valence-corrected chi connectivity index (χ3v) is 3.85. The summed E-state index contributed by atoms with van der Waals surface area (Å²) >= 11 is 0. The smallest absolute Gasteiger partial charge is 0.243 e. The fourth-order valence-electron chi connectivity index (χ4n) is 2.74. The number of hydrogen-bond donors (Lipinski definition) is 2. The van der Waals surface area contributed by atoms with Gasteiger partial charge in [0.2, 0.25) is 5.91 Å². The van der Waals surface area contributed by atoms with Crippen LogP contribution in [0.25, 0.3) is 11.0 Å². The third kappa shape index (κ3) is 3.62. The Labute approximate surface area is 135 Å². The molecule has 5 nitrogen and oxygen atoms in total. The molecule has 23 heavy (non-hydrogen) atoms. The first kappa shape index (κ1) is 15.3.